The van der Waals surface area contributed by atoms with Gasteiger partial charge in [0.25, 0.3) is 0 Å². The highest BCUT2D eigenvalue weighted by atomic mass is 16.6. The third-order valence-electron chi connectivity index (χ3n) is 3.53. The van der Waals surface area contributed by atoms with E-state index in [1.54, 1.807) is 0 Å². The minimum Gasteiger partial charge on any atom is -0.300 e. The second-order valence-corrected chi connectivity index (χ2v) is 4.74. The van der Waals surface area contributed by atoms with Gasteiger partial charge >= 0.3 is 0 Å². The molecule has 0 atom stereocenters. The van der Waals surface area contributed by atoms with Gasteiger partial charge < -0.3 is 0 Å². The van der Waals surface area contributed by atoms with E-state index in [0.717, 1.165) is 5.92 Å². The van der Waals surface area contributed by atoms with Crippen LogP contribution in [0.3, 0.4) is 0 Å². The molecule has 1 aliphatic carbocycles. The largest absolute Gasteiger partial charge is 0.300 e. The second kappa shape index (κ2) is 6.02. The molecule has 1 saturated carbocycles. The molecule has 0 aliphatic heterocycles. The van der Waals surface area contributed by atoms with Crippen LogP contribution in [0.1, 0.15) is 55.6 Å². The molecule has 1 fully saturated rings. The normalized spacial score (nSPS) is 18.3. The lowest BCUT2D eigenvalue weighted by molar-refractivity contribution is 0.124. The highest BCUT2D eigenvalue weighted by Crippen LogP contribution is 2.31. The maximum atomic E-state index is 5.11. The Morgan fingerprint density at radius 2 is 1.88 bits per heavy atom. The zero-order valence-corrected chi connectivity index (χ0v) is 9.82. The SMILES string of the molecule is NOCc1cccc(C2CCCCCC2)c1. The van der Waals surface area contributed by atoms with Gasteiger partial charge in [0.15, 0.2) is 0 Å². The first-order valence-corrected chi connectivity index (χ1v) is 6.30. The molecule has 1 aromatic carbocycles. The monoisotopic (exact) mass is 219 g/mol. The van der Waals surface area contributed by atoms with E-state index in [4.69, 9.17) is 10.7 Å². The summed E-state index contributed by atoms with van der Waals surface area (Å²) in [5.41, 5.74) is 2.65. The molecule has 0 saturated heterocycles. The van der Waals surface area contributed by atoms with Crippen LogP contribution in [0.25, 0.3) is 0 Å². The molecule has 0 heterocycles. The Hall–Kier alpha value is -0.860. The number of hydrogen-bond acceptors (Lipinski definition) is 2. The van der Waals surface area contributed by atoms with Gasteiger partial charge in [0.05, 0.1) is 6.61 Å². The maximum absolute atomic E-state index is 5.11. The quantitative estimate of drug-likeness (QED) is 0.623. The van der Waals surface area contributed by atoms with E-state index in [-0.39, 0.29) is 0 Å². The molecule has 0 aromatic heterocycles. The molecule has 2 heteroatoms. The van der Waals surface area contributed by atoms with Gasteiger partial charge in [-0.05, 0) is 29.9 Å². The third kappa shape index (κ3) is 3.06. The molecule has 0 unspecified atom stereocenters. The summed E-state index contributed by atoms with van der Waals surface area (Å²) in [4.78, 5) is 4.69. The van der Waals surface area contributed by atoms with Crippen LogP contribution >= 0.6 is 0 Å². The summed E-state index contributed by atoms with van der Waals surface area (Å²) in [6, 6.07) is 8.69. The number of nitrogens with two attached hydrogens (primary N) is 1. The number of rotatable bonds is 3. The molecule has 0 amide bonds. The first-order chi connectivity index (χ1) is 7.90. The summed E-state index contributed by atoms with van der Waals surface area (Å²) in [5, 5.41) is 0. The predicted octanol–water partition coefficient (Wildman–Crippen LogP) is 3.51. The van der Waals surface area contributed by atoms with Crippen molar-refractivity contribution in [2.75, 3.05) is 0 Å². The van der Waals surface area contributed by atoms with Gasteiger partial charge in [0.2, 0.25) is 0 Å². The van der Waals surface area contributed by atoms with Crippen molar-refractivity contribution in [2.45, 2.75) is 51.0 Å². The van der Waals surface area contributed by atoms with Gasteiger partial charge in [-0.1, -0.05) is 49.9 Å². The van der Waals surface area contributed by atoms with Crippen LogP contribution in [0.5, 0.6) is 0 Å². The molecular formula is C14H21NO. The van der Waals surface area contributed by atoms with Crippen molar-refractivity contribution < 1.29 is 4.84 Å². The molecule has 0 bridgehead atoms. The Morgan fingerprint density at radius 3 is 2.56 bits per heavy atom. The van der Waals surface area contributed by atoms with Crippen LogP contribution in [-0.2, 0) is 11.4 Å². The van der Waals surface area contributed by atoms with Crippen LogP contribution in [0, 0.1) is 0 Å². The van der Waals surface area contributed by atoms with E-state index in [1.807, 2.05) is 0 Å². The van der Waals surface area contributed by atoms with Gasteiger partial charge in [-0.2, -0.15) is 0 Å². The Labute approximate surface area is 97.8 Å². The average molecular weight is 219 g/mol. The average Bonchev–Trinajstić information content (AvgIpc) is 2.58. The number of benzene rings is 1. The Bertz CT molecular complexity index is 316. The van der Waals surface area contributed by atoms with Crippen molar-refractivity contribution in [1.82, 2.24) is 0 Å². The molecular weight excluding hydrogens is 198 g/mol. The van der Waals surface area contributed by atoms with Crippen molar-refractivity contribution in [3.05, 3.63) is 35.4 Å². The fourth-order valence-corrected chi connectivity index (χ4v) is 2.65. The second-order valence-electron chi connectivity index (χ2n) is 4.74. The Kier molecular flexibility index (Phi) is 4.37. The van der Waals surface area contributed by atoms with Crippen LogP contribution in [0.2, 0.25) is 0 Å². The lowest BCUT2D eigenvalue weighted by atomic mass is 9.91. The minimum absolute atomic E-state index is 0.514. The standard InChI is InChI=1S/C14H21NO/c15-16-11-12-6-5-9-14(10-12)13-7-3-1-2-4-8-13/h5-6,9-10,13H,1-4,7-8,11,15H2. The third-order valence-corrected chi connectivity index (χ3v) is 3.53. The molecule has 1 aromatic rings. The van der Waals surface area contributed by atoms with Crippen LogP contribution in [0.15, 0.2) is 24.3 Å². The topological polar surface area (TPSA) is 35.2 Å². The van der Waals surface area contributed by atoms with E-state index in [1.165, 1.54) is 49.7 Å². The summed E-state index contributed by atoms with van der Waals surface area (Å²) < 4.78 is 0. The zero-order valence-electron chi connectivity index (χ0n) is 9.82. The summed E-state index contributed by atoms with van der Waals surface area (Å²) in [7, 11) is 0. The van der Waals surface area contributed by atoms with Crippen LogP contribution in [0.4, 0.5) is 0 Å². The van der Waals surface area contributed by atoms with Crippen LogP contribution in [-0.4, -0.2) is 0 Å². The summed E-state index contributed by atoms with van der Waals surface area (Å²) in [5.74, 6) is 5.86. The lowest BCUT2D eigenvalue weighted by Gasteiger charge is -2.15. The molecule has 88 valence electrons. The van der Waals surface area contributed by atoms with E-state index in [2.05, 4.69) is 24.3 Å². The fourth-order valence-electron chi connectivity index (χ4n) is 2.65. The Morgan fingerprint density at radius 1 is 1.12 bits per heavy atom. The maximum Gasteiger partial charge on any atom is 0.0930 e. The summed E-state index contributed by atoms with van der Waals surface area (Å²) in [6.07, 6.45) is 8.24. The number of hydrogen-bond donors (Lipinski definition) is 1. The van der Waals surface area contributed by atoms with Gasteiger partial charge in [-0.25, -0.2) is 5.90 Å². The molecule has 2 rings (SSSR count). The molecule has 0 spiro atoms. The minimum atomic E-state index is 0.514. The van der Waals surface area contributed by atoms with Crippen molar-refractivity contribution in [2.24, 2.45) is 5.90 Å². The first-order valence-electron chi connectivity index (χ1n) is 6.30. The molecule has 0 radical (unpaired) electrons. The lowest BCUT2D eigenvalue weighted by Crippen LogP contribution is -2.01. The van der Waals surface area contributed by atoms with Crippen molar-refractivity contribution in [1.29, 1.82) is 0 Å². The zero-order chi connectivity index (χ0) is 11.2. The first kappa shape index (κ1) is 11.6. The molecule has 16 heavy (non-hydrogen) atoms. The van der Waals surface area contributed by atoms with E-state index in [9.17, 15) is 0 Å². The molecule has 2 nitrogen and oxygen atoms in total. The van der Waals surface area contributed by atoms with E-state index >= 15 is 0 Å². The smallest absolute Gasteiger partial charge is 0.0930 e. The summed E-state index contributed by atoms with van der Waals surface area (Å²) >= 11 is 0. The van der Waals surface area contributed by atoms with Gasteiger partial charge in [-0.3, -0.25) is 4.84 Å². The van der Waals surface area contributed by atoms with E-state index < -0.39 is 0 Å². The van der Waals surface area contributed by atoms with Crippen molar-refractivity contribution in [3.63, 3.8) is 0 Å². The van der Waals surface area contributed by atoms with E-state index in [0.29, 0.717) is 6.61 Å². The van der Waals surface area contributed by atoms with Gasteiger partial charge in [-0.15, -0.1) is 0 Å². The summed E-state index contributed by atoms with van der Waals surface area (Å²) in [6.45, 7) is 0.514. The van der Waals surface area contributed by atoms with Gasteiger partial charge in [0, 0.05) is 0 Å². The highest BCUT2D eigenvalue weighted by molar-refractivity contribution is 5.26. The Balaban J connectivity index is 2.08. The molecule has 1 aliphatic rings. The predicted molar refractivity (Wildman–Crippen MR) is 65.9 cm³/mol. The van der Waals surface area contributed by atoms with Gasteiger partial charge in [0.1, 0.15) is 0 Å². The van der Waals surface area contributed by atoms with Crippen molar-refractivity contribution in [3.8, 4) is 0 Å². The highest BCUT2D eigenvalue weighted by Gasteiger charge is 2.14. The van der Waals surface area contributed by atoms with Crippen LogP contribution < -0.4 is 5.90 Å². The fraction of sp³-hybridized carbons (Fsp3) is 0.571. The molecule has 2 N–H and O–H groups in total. The van der Waals surface area contributed by atoms with Crippen molar-refractivity contribution >= 4 is 0 Å².